The highest BCUT2D eigenvalue weighted by Gasteiger charge is 2.15. The molecule has 29 heavy (non-hydrogen) atoms. The van der Waals surface area contributed by atoms with Crippen LogP contribution in [0.3, 0.4) is 0 Å². The summed E-state index contributed by atoms with van der Waals surface area (Å²) >= 11 is 0. The van der Waals surface area contributed by atoms with Crippen LogP contribution in [0.1, 0.15) is 35.9 Å². The van der Waals surface area contributed by atoms with Crippen molar-refractivity contribution in [2.45, 2.75) is 26.7 Å². The summed E-state index contributed by atoms with van der Waals surface area (Å²) in [7, 11) is 0. The number of hydrogen-bond acceptors (Lipinski definition) is 7. The molecule has 0 atom stereocenters. The molecule has 0 unspecified atom stereocenters. The molecule has 0 saturated carbocycles. The number of aromatic nitrogens is 2. The molecule has 3 rings (SSSR count). The SMILES string of the molecule is CC(=O)c1ccc(OCC(=O)NCCOc2cc(N3CCCC3)nc(C)n2)cc1. The third-order valence-electron chi connectivity index (χ3n) is 4.54. The predicted octanol–water partition coefficient (Wildman–Crippen LogP) is 2.16. The summed E-state index contributed by atoms with van der Waals surface area (Å²) in [6.45, 7) is 5.89. The highest BCUT2D eigenvalue weighted by molar-refractivity contribution is 5.94. The molecule has 1 aliphatic heterocycles. The van der Waals surface area contributed by atoms with E-state index >= 15 is 0 Å². The number of ether oxygens (including phenoxy) is 2. The molecule has 2 aromatic rings. The van der Waals surface area contributed by atoms with E-state index < -0.39 is 0 Å². The molecular weight excluding hydrogens is 372 g/mol. The zero-order valence-corrected chi connectivity index (χ0v) is 16.8. The number of Topliss-reactive ketones (excluding diaryl/α,β-unsaturated/α-hetero) is 1. The van der Waals surface area contributed by atoms with Crippen molar-refractivity contribution in [1.29, 1.82) is 0 Å². The van der Waals surface area contributed by atoms with E-state index in [1.165, 1.54) is 19.8 Å². The summed E-state index contributed by atoms with van der Waals surface area (Å²) < 4.78 is 11.1. The maximum absolute atomic E-state index is 11.9. The highest BCUT2D eigenvalue weighted by atomic mass is 16.5. The molecule has 1 N–H and O–H groups in total. The summed E-state index contributed by atoms with van der Waals surface area (Å²) in [6.07, 6.45) is 2.35. The Hall–Kier alpha value is -3.16. The molecule has 0 bridgehead atoms. The van der Waals surface area contributed by atoms with E-state index in [9.17, 15) is 9.59 Å². The summed E-state index contributed by atoms with van der Waals surface area (Å²) in [5, 5.41) is 2.74. The summed E-state index contributed by atoms with van der Waals surface area (Å²) in [6, 6.07) is 8.52. The van der Waals surface area contributed by atoms with E-state index in [1.54, 1.807) is 24.3 Å². The van der Waals surface area contributed by atoms with Crippen molar-refractivity contribution >= 4 is 17.5 Å². The molecule has 0 radical (unpaired) electrons. The van der Waals surface area contributed by atoms with E-state index in [0.29, 0.717) is 36.2 Å². The number of ketones is 1. The summed E-state index contributed by atoms with van der Waals surface area (Å²) in [4.78, 5) is 34.1. The zero-order chi connectivity index (χ0) is 20.6. The van der Waals surface area contributed by atoms with Crippen LogP contribution in [-0.2, 0) is 4.79 Å². The zero-order valence-electron chi connectivity index (χ0n) is 16.8. The Morgan fingerprint density at radius 3 is 2.52 bits per heavy atom. The largest absolute Gasteiger partial charge is 0.484 e. The van der Waals surface area contributed by atoms with Gasteiger partial charge in [0.05, 0.1) is 6.54 Å². The maximum atomic E-state index is 11.9. The normalized spacial score (nSPS) is 13.2. The van der Waals surface area contributed by atoms with Gasteiger partial charge in [-0.25, -0.2) is 4.98 Å². The molecule has 0 spiro atoms. The van der Waals surface area contributed by atoms with Gasteiger partial charge in [0.2, 0.25) is 5.88 Å². The van der Waals surface area contributed by atoms with Gasteiger partial charge >= 0.3 is 0 Å². The van der Waals surface area contributed by atoms with Crippen molar-refractivity contribution in [2.75, 3.05) is 37.7 Å². The van der Waals surface area contributed by atoms with Crippen molar-refractivity contribution in [1.82, 2.24) is 15.3 Å². The lowest BCUT2D eigenvalue weighted by molar-refractivity contribution is -0.123. The summed E-state index contributed by atoms with van der Waals surface area (Å²) in [5.41, 5.74) is 0.604. The highest BCUT2D eigenvalue weighted by Crippen LogP contribution is 2.21. The average Bonchev–Trinajstić information content (AvgIpc) is 3.24. The number of benzene rings is 1. The minimum atomic E-state index is -0.249. The molecule has 8 heteroatoms. The van der Waals surface area contributed by atoms with Gasteiger partial charge in [-0.1, -0.05) is 0 Å². The number of anilines is 1. The van der Waals surface area contributed by atoms with Crippen LogP contribution in [0, 0.1) is 6.92 Å². The second-order valence-corrected chi connectivity index (χ2v) is 6.87. The Bertz CT molecular complexity index is 848. The lowest BCUT2D eigenvalue weighted by Crippen LogP contribution is -2.32. The second kappa shape index (κ2) is 9.86. The topological polar surface area (TPSA) is 93.7 Å². The van der Waals surface area contributed by atoms with Crippen molar-refractivity contribution in [2.24, 2.45) is 0 Å². The monoisotopic (exact) mass is 398 g/mol. The van der Waals surface area contributed by atoms with Crippen molar-refractivity contribution in [3.05, 3.63) is 41.7 Å². The van der Waals surface area contributed by atoms with Crippen LogP contribution in [0.25, 0.3) is 0 Å². The predicted molar refractivity (Wildman–Crippen MR) is 109 cm³/mol. The third kappa shape index (κ3) is 6.17. The van der Waals surface area contributed by atoms with E-state index in [0.717, 1.165) is 18.9 Å². The van der Waals surface area contributed by atoms with E-state index in [1.807, 2.05) is 13.0 Å². The molecule has 1 fully saturated rings. The molecule has 154 valence electrons. The average molecular weight is 398 g/mol. The van der Waals surface area contributed by atoms with Crippen molar-refractivity contribution in [3.63, 3.8) is 0 Å². The first-order valence-corrected chi connectivity index (χ1v) is 9.75. The van der Waals surface area contributed by atoms with Gasteiger partial charge in [-0.2, -0.15) is 4.98 Å². The Labute approximate surface area is 170 Å². The summed E-state index contributed by atoms with van der Waals surface area (Å²) in [5.74, 6) is 2.33. The lowest BCUT2D eigenvalue weighted by atomic mass is 10.1. The molecule has 1 aliphatic rings. The first kappa shape index (κ1) is 20.6. The number of hydrogen-bond donors (Lipinski definition) is 1. The van der Waals surface area contributed by atoms with Crippen LogP contribution in [0.5, 0.6) is 11.6 Å². The van der Waals surface area contributed by atoms with Gasteiger partial charge < -0.3 is 19.7 Å². The second-order valence-electron chi connectivity index (χ2n) is 6.87. The fraction of sp³-hybridized carbons (Fsp3) is 0.429. The molecule has 0 aliphatic carbocycles. The number of rotatable bonds is 9. The van der Waals surface area contributed by atoms with E-state index in [-0.39, 0.29) is 18.3 Å². The van der Waals surface area contributed by atoms with Gasteiger partial charge in [0.1, 0.15) is 24.0 Å². The third-order valence-corrected chi connectivity index (χ3v) is 4.54. The number of nitrogens with one attached hydrogen (secondary N) is 1. The Morgan fingerprint density at radius 1 is 1.10 bits per heavy atom. The minimum absolute atomic E-state index is 0.0132. The molecule has 2 heterocycles. The van der Waals surface area contributed by atoms with Crippen LogP contribution in [-0.4, -0.2) is 54.5 Å². The lowest BCUT2D eigenvalue weighted by Gasteiger charge is -2.17. The smallest absolute Gasteiger partial charge is 0.258 e. The van der Waals surface area contributed by atoms with E-state index in [2.05, 4.69) is 20.2 Å². The number of nitrogens with zero attached hydrogens (tertiary/aromatic N) is 3. The van der Waals surface area contributed by atoms with Gasteiger partial charge in [-0.05, 0) is 51.0 Å². The molecule has 1 aromatic heterocycles. The van der Waals surface area contributed by atoms with E-state index in [4.69, 9.17) is 9.47 Å². The standard InChI is InChI=1S/C21H26N4O4/c1-15(26)17-5-7-18(8-6-17)29-14-20(27)22-9-12-28-21-13-19(23-16(2)24-21)25-10-3-4-11-25/h5-8,13H,3-4,9-12,14H2,1-2H3,(H,22,27). The van der Waals surface area contributed by atoms with Crippen LogP contribution in [0.15, 0.2) is 30.3 Å². The molecule has 8 nitrogen and oxygen atoms in total. The van der Waals surface area contributed by atoms with Gasteiger partial charge in [0, 0.05) is 24.7 Å². The molecule has 1 saturated heterocycles. The van der Waals surface area contributed by atoms with Gasteiger partial charge in [0.25, 0.3) is 5.91 Å². The molecular formula is C21H26N4O4. The fourth-order valence-electron chi connectivity index (χ4n) is 3.04. The Balaban J connectivity index is 1.38. The number of amides is 1. The minimum Gasteiger partial charge on any atom is -0.484 e. The Kier molecular flexibility index (Phi) is 6.99. The van der Waals surface area contributed by atoms with Crippen LogP contribution >= 0.6 is 0 Å². The van der Waals surface area contributed by atoms with Crippen molar-refractivity contribution < 1.29 is 19.1 Å². The number of carbonyl (C=O) groups is 2. The Morgan fingerprint density at radius 2 is 1.83 bits per heavy atom. The van der Waals surface area contributed by atoms with Crippen LogP contribution < -0.4 is 19.7 Å². The van der Waals surface area contributed by atoms with Gasteiger partial charge in [-0.15, -0.1) is 0 Å². The van der Waals surface area contributed by atoms with Crippen LogP contribution in [0.4, 0.5) is 5.82 Å². The van der Waals surface area contributed by atoms with Crippen LogP contribution in [0.2, 0.25) is 0 Å². The number of aryl methyl sites for hydroxylation is 1. The first-order valence-electron chi connectivity index (χ1n) is 9.75. The fourth-order valence-corrected chi connectivity index (χ4v) is 3.04. The van der Waals surface area contributed by atoms with Crippen molar-refractivity contribution in [3.8, 4) is 11.6 Å². The quantitative estimate of drug-likeness (QED) is 0.511. The van der Waals surface area contributed by atoms with Gasteiger partial charge in [-0.3, -0.25) is 9.59 Å². The van der Waals surface area contributed by atoms with Gasteiger partial charge in [0.15, 0.2) is 12.4 Å². The number of carbonyl (C=O) groups excluding carboxylic acids is 2. The maximum Gasteiger partial charge on any atom is 0.258 e. The first-order chi connectivity index (χ1) is 14.0. The molecule has 1 amide bonds. The molecule has 1 aromatic carbocycles.